The molecule has 1 saturated heterocycles. The maximum Gasteiger partial charge on any atom is 0.295 e. The summed E-state index contributed by atoms with van der Waals surface area (Å²) in [4.78, 5) is 17.7. The maximum atomic E-state index is 12.0. The van der Waals surface area contributed by atoms with E-state index in [0.29, 0.717) is 12.4 Å². The van der Waals surface area contributed by atoms with Gasteiger partial charge >= 0.3 is 0 Å². The first-order valence-electron chi connectivity index (χ1n) is 5.45. The lowest BCUT2D eigenvalue weighted by Crippen LogP contribution is -2.48. The van der Waals surface area contributed by atoms with Gasteiger partial charge in [-0.1, -0.05) is 5.16 Å². The maximum absolute atomic E-state index is 12.0. The van der Waals surface area contributed by atoms with Crippen molar-refractivity contribution in [3.63, 3.8) is 0 Å². The topological polar surface area (TPSA) is 85.2 Å². The molecule has 2 rings (SSSR count). The van der Waals surface area contributed by atoms with Crippen molar-refractivity contribution in [3.05, 3.63) is 11.7 Å². The van der Waals surface area contributed by atoms with Crippen molar-refractivity contribution in [2.75, 3.05) is 6.54 Å². The highest BCUT2D eigenvalue weighted by Gasteiger charge is 2.29. The van der Waals surface area contributed by atoms with Gasteiger partial charge < -0.3 is 15.2 Å². The van der Waals surface area contributed by atoms with E-state index < -0.39 is 0 Å². The molecule has 6 heteroatoms. The van der Waals surface area contributed by atoms with Crippen LogP contribution < -0.4 is 5.73 Å². The van der Waals surface area contributed by atoms with Crippen LogP contribution in [0.5, 0.6) is 0 Å². The predicted octanol–water partition coefficient (Wildman–Crippen LogP) is 0.330. The highest BCUT2D eigenvalue weighted by Crippen LogP contribution is 2.17. The van der Waals surface area contributed by atoms with Crippen molar-refractivity contribution < 1.29 is 9.32 Å². The van der Waals surface area contributed by atoms with Gasteiger partial charge in [0.05, 0.1) is 0 Å². The van der Waals surface area contributed by atoms with Gasteiger partial charge in [-0.15, -0.1) is 0 Å². The summed E-state index contributed by atoms with van der Waals surface area (Å²) in [5, 5.41) is 3.64. The number of carbonyl (C=O) groups excluding carboxylic acids is 1. The molecule has 2 unspecified atom stereocenters. The molecule has 0 aliphatic carbocycles. The van der Waals surface area contributed by atoms with Crippen LogP contribution in [0.3, 0.4) is 0 Å². The van der Waals surface area contributed by atoms with E-state index >= 15 is 0 Å². The molecule has 1 amide bonds. The van der Waals surface area contributed by atoms with Crippen molar-refractivity contribution in [2.24, 2.45) is 5.73 Å². The Morgan fingerprint density at radius 1 is 1.62 bits per heavy atom. The number of aromatic nitrogens is 2. The fourth-order valence-electron chi connectivity index (χ4n) is 2.02. The third kappa shape index (κ3) is 2.06. The number of hydrogen-bond donors (Lipinski definition) is 1. The van der Waals surface area contributed by atoms with Crippen LogP contribution in [0.25, 0.3) is 0 Å². The monoisotopic (exact) mass is 224 g/mol. The molecule has 1 aliphatic rings. The number of hydrogen-bond acceptors (Lipinski definition) is 5. The van der Waals surface area contributed by atoms with E-state index in [0.717, 1.165) is 12.8 Å². The number of nitrogens with zero attached hydrogens (tertiary/aromatic N) is 3. The van der Waals surface area contributed by atoms with Gasteiger partial charge in [0.2, 0.25) is 5.89 Å². The highest BCUT2D eigenvalue weighted by atomic mass is 16.5. The van der Waals surface area contributed by atoms with Crippen molar-refractivity contribution in [1.29, 1.82) is 0 Å². The van der Waals surface area contributed by atoms with E-state index in [4.69, 9.17) is 10.3 Å². The van der Waals surface area contributed by atoms with Crippen molar-refractivity contribution >= 4 is 5.91 Å². The Kier molecular flexibility index (Phi) is 2.91. The zero-order chi connectivity index (χ0) is 11.7. The van der Waals surface area contributed by atoms with Crippen molar-refractivity contribution in [3.8, 4) is 0 Å². The van der Waals surface area contributed by atoms with Gasteiger partial charge in [-0.2, -0.15) is 4.98 Å². The lowest BCUT2D eigenvalue weighted by molar-refractivity contribution is 0.0603. The molecule has 0 radical (unpaired) electrons. The standard InChI is InChI=1S/C10H16N4O2/c1-6-5-8(11)3-4-14(6)10(15)9-12-7(2)16-13-9/h6,8H,3-5,11H2,1-2H3. The van der Waals surface area contributed by atoms with Crippen LogP contribution in [0.4, 0.5) is 0 Å². The third-order valence-corrected chi connectivity index (χ3v) is 2.90. The molecular weight excluding hydrogens is 208 g/mol. The van der Waals surface area contributed by atoms with Crippen LogP contribution in [0, 0.1) is 6.92 Å². The second-order valence-corrected chi connectivity index (χ2v) is 4.27. The average molecular weight is 224 g/mol. The van der Waals surface area contributed by atoms with E-state index in [2.05, 4.69) is 10.1 Å². The molecule has 1 aliphatic heterocycles. The predicted molar refractivity (Wildman–Crippen MR) is 56.7 cm³/mol. The van der Waals surface area contributed by atoms with Gasteiger partial charge in [0.25, 0.3) is 11.7 Å². The summed E-state index contributed by atoms with van der Waals surface area (Å²) < 4.78 is 4.80. The Balaban J connectivity index is 2.10. The minimum atomic E-state index is -0.170. The third-order valence-electron chi connectivity index (χ3n) is 2.90. The van der Waals surface area contributed by atoms with Gasteiger partial charge in [-0.25, -0.2) is 0 Å². The van der Waals surface area contributed by atoms with Gasteiger partial charge in [0.15, 0.2) is 0 Å². The molecule has 1 aromatic heterocycles. The van der Waals surface area contributed by atoms with E-state index in [1.165, 1.54) is 0 Å². The second-order valence-electron chi connectivity index (χ2n) is 4.27. The van der Waals surface area contributed by atoms with Gasteiger partial charge in [0.1, 0.15) is 0 Å². The number of piperidine rings is 1. The molecule has 16 heavy (non-hydrogen) atoms. The average Bonchev–Trinajstić information content (AvgIpc) is 2.64. The Morgan fingerprint density at radius 3 is 2.94 bits per heavy atom. The summed E-state index contributed by atoms with van der Waals surface area (Å²) in [6.07, 6.45) is 1.65. The number of amides is 1. The second kappa shape index (κ2) is 4.21. The lowest BCUT2D eigenvalue weighted by Gasteiger charge is -2.35. The van der Waals surface area contributed by atoms with Crippen LogP contribution in [0.1, 0.15) is 36.3 Å². The number of nitrogens with two attached hydrogens (primary N) is 1. The van der Waals surface area contributed by atoms with Crippen molar-refractivity contribution in [1.82, 2.24) is 15.0 Å². The Morgan fingerprint density at radius 2 is 2.38 bits per heavy atom. The molecule has 0 spiro atoms. The normalized spacial score (nSPS) is 25.8. The number of likely N-dealkylation sites (tertiary alicyclic amines) is 1. The molecule has 2 atom stereocenters. The minimum absolute atomic E-state index is 0.134. The molecule has 0 saturated carbocycles. The van der Waals surface area contributed by atoms with Gasteiger partial charge in [0, 0.05) is 25.6 Å². The first kappa shape index (κ1) is 11.1. The Bertz CT molecular complexity index is 390. The van der Waals surface area contributed by atoms with Gasteiger partial charge in [-0.3, -0.25) is 4.79 Å². The van der Waals surface area contributed by atoms with E-state index in [-0.39, 0.29) is 23.8 Å². The first-order chi connectivity index (χ1) is 7.58. The van der Waals surface area contributed by atoms with Crippen LogP contribution in [0.2, 0.25) is 0 Å². The fraction of sp³-hybridized carbons (Fsp3) is 0.700. The minimum Gasteiger partial charge on any atom is -0.339 e. The van der Waals surface area contributed by atoms with Crippen LogP contribution >= 0.6 is 0 Å². The molecular formula is C10H16N4O2. The summed E-state index contributed by atoms with van der Waals surface area (Å²) in [5.74, 6) is 0.376. The first-order valence-corrected chi connectivity index (χ1v) is 5.45. The lowest BCUT2D eigenvalue weighted by atomic mass is 9.99. The van der Waals surface area contributed by atoms with Gasteiger partial charge in [-0.05, 0) is 19.8 Å². The summed E-state index contributed by atoms with van der Waals surface area (Å²) in [5.41, 5.74) is 5.84. The van der Waals surface area contributed by atoms with Crippen LogP contribution in [-0.2, 0) is 0 Å². The quantitative estimate of drug-likeness (QED) is 0.743. The summed E-state index contributed by atoms with van der Waals surface area (Å²) >= 11 is 0. The highest BCUT2D eigenvalue weighted by molar-refractivity contribution is 5.90. The Labute approximate surface area is 93.8 Å². The van der Waals surface area contributed by atoms with Crippen LogP contribution in [-0.4, -0.2) is 39.6 Å². The summed E-state index contributed by atoms with van der Waals surface area (Å²) in [6, 6.07) is 0.320. The summed E-state index contributed by atoms with van der Waals surface area (Å²) in [7, 11) is 0. The smallest absolute Gasteiger partial charge is 0.295 e. The zero-order valence-corrected chi connectivity index (χ0v) is 9.51. The largest absolute Gasteiger partial charge is 0.339 e. The van der Waals surface area contributed by atoms with Crippen LogP contribution in [0.15, 0.2) is 4.52 Å². The SMILES string of the molecule is Cc1nc(C(=O)N2CCC(N)CC2C)no1. The molecule has 1 aromatic rings. The van der Waals surface area contributed by atoms with E-state index in [1.807, 2.05) is 6.92 Å². The number of carbonyl (C=O) groups is 1. The molecule has 0 aromatic carbocycles. The number of aryl methyl sites for hydroxylation is 1. The number of rotatable bonds is 1. The molecule has 6 nitrogen and oxygen atoms in total. The molecule has 2 N–H and O–H groups in total. The Hall–Kier alpha value is -1.43. The van der Waals surface area contributed by atoms with E-state index in [1.54, 1.807) is 11.8 Å². The molecule has 2 heterocycles. The summed E-state index contributed by atoms with van der Waals surface area (Å²) in [6.45, 7) is 4.32. The molecule has 88 valence electrons. The molecule has 0 bridgehead atoms. The van der Waals surface area contributed by atoms with E-state index in [9.17, 15) is 4.79 Å². The zero-order valence-electron chi connectivity index (χ0n) is 9.51. The molecule has 1 fully saturated rings. The fourth-order valence-corrected chi connectivity index (χ4v) is 2.02. The van der Waals surface area contributed by atoms with Crippen molar-refractivity contribution in [2.45, 2.75) is 38.8 Å².